The van der Waals surface area contributed by atoms with Crippen LogP contribution in [0.15, 0.2) is 24.5 Å². The number of pyridine rings is 1. The van der Waals surface area contributed by atoms with Crippen LogP contribution in [0.2, 0.25) is 5.02 Å². The third-order valence-corrected chi connectivity index (χ3v) is 3.90. The lowest BCUT2D eigenvalue weighted by Crippen LogP contribution is -2.28. The molecule has 3 rings (SSSR count). The van der Waals surface area contributed by atoms with Crippen LogP contribution in [0.1, 0.15) is 12.6 Å². The fourth-order valence-corrected chi connectivity index (χ4v) is 2.74. The predicted octanol–water partition coefficient (Wildman–Crippen LogP) is 2.19. The summed E-state index contributed by atoms with van der Waals surface area (Å²) in [6, 6.07) is 4.08. The van der Waals surface area contributed by atoms with Gasteiger partial charge in [0.2, 0.25) is 0 Å². The predicted molar refractivity (Wildman–Crippen MR) is 79.9 cm³/mol. The zero-order valence-corrected chi connectivity index (χ0v) is 12.4. The minimum Gasteiger partial charge on any atom is -0.326 e. The average Bonchev–Trinajstić information content (AvgIpc) is 2.85. The molecule has 4 nitrogen and oxygen atoms in total. The van der Waals surface area contributed by atoms with Gasteiger partial charge in [-0.1, -0.05) is 18.5 Å². The Labute approximate surface area is 124 Å². The highest BCUT2D eigenvalue weighted by atomic mass is 35.5. The molecule has 2 N–H and O–H groups in total. The molecule has 0 spiro atoms. The van der Waals surface area contributed by atoms with Crippen LogP contribution in [0.3, 0.4) is 0 Å². The van der Waals surface area contributed by atoms with Gasteiger partial charge in [0.05, 0.1) is 16.9 Å². The molecule has 2 aromatic rings. The standard InChI is InChI=1S/C13H17ClN4.ClH/c1-9-5-17(8-12(9)15)7-11-4-16-13-3-2-10(14)6-18(11)13;/h2-4,6,9,12H,5,7-8,15H2,1H3;1H. The molecular formula is C13H18Cl2N4. The highest BCUT2D eigenvalue weighted by Gasteiger charge is 2.26. The van der Waals surface area contributed by atoms with Gasteiger partial charge in [-0.3, -0.25) is 4.90 Å². The second kappa shape index (κ2) is 5.67. The summed E-state index contributed by atoms with van der Waals surface area (Å²) in [6.45, 7) is 5.08. The van der Waals surface area contributed by atoms with Gasteiger partial charge in [0.25, 0.3) is 0 Å². The van der Waals surface area contributed by atoms with Crippen molar-refractivity contribution in [2.24, 2.45) is 11.7 Å². The summed E-state index contributed by atoms with van der Waals surface area (Å²) in [5.74, 6) is 0.563. The lowest BCUT2D eigenvalue weighted by molar-refractivity contribution is 0.314. The Bertz CT molecular complexity index is 559. The molecule has 1 aliphatic heterocycles. The molecular weight excluding hydrogens is 283 g/mol. The summed E-state index contributed by atoms with van der Waals surface area (Å²) < 4.78 is 2.05. The van der Waals surface area contributed by atoms with Crippen molar-refractivity contribution in [3.05, 3.63) is 35.2 Å². The van der Waals surface area contributed by atoms with Gasteiger partial charge < -0.3 is 10.1 Å². The van der Waals surface area contributed by atoms with Gasteiger partial charge in [-0.25, -0.2) is 4.98 Å². The SMILES string of the molecule is CC1CN(Cc2cnc3ccc(Cl)cn23)CC1N.Cl. The van der Waals surface area contributed by atoms with E-state index in [-0.39, 0.29) is 18.4 Å². The molecule has 0 aromatic carbocycles. The first kappa shape index (κ1) is 14.6. The van der Waals surface area contributed by atoms with E-state index < -0.39 is 0 Å². The lowest BCUT2D eigenvalue weighted by atomic mass is 10.1. The van der Waals surface area contributed by atoms with Crippen molar-refractivity contribution < 1.29 is 0 Å². The van der Waals surface area contributed by atoms with Crippen LogP contribution in [0.25, 0.3) is 5.65 Å². The molecule has 1 fully saturated rings. The topological polar surface area (TPSA) is 46.6 Å². The Morgan fingerprint density at radius 3 is 2.89 bits per heavy atom. The number of imidazole rings is 1. The van der Waals surface area contributed by atoms with Gasteiger partial charge in [-0.05, 0) is 18.1 Å². The first-order chi connectivity index (χ1) is 8.63. The van der Waals surface area contributed by atoms with Crippen molar-refractivity contribution in [1.29, 1.82) is 0 Å². The molecule has 0 aliphatic carbocycles. The minimum absolute atomic E-state index is 0. The van der Waals surface area contributed by atoms with Crippen LogP contribution >= 0.6 is 24.0 Å². The number of nitrogens with two attached hydrogens (primary N) is 1. The van der Waals surface area contributed by atoms with Crippen molar-refractivity contribution >= 4 is 29.7 Å². The Balaban J connectivity index is 0.00000133. The van der Waals surface area contributed by atoms with Crippen molar-refractivity contribution in [1.82, 2.24) is 14.3 Å². The van der Waals surface area contributed by atoms with Gasteiger partial charge in [-0.2, -0.15) is 0 Å². The van der Waals surface area contributed by atoms with E-state index in [2.05, 4.69) is 21.2 Å². The molecule has 2 unspecified atom stereocenters. The van der Waals surface area contributed by atoms with E-state index in [9.17, 15) is 0 Å². The maximum absolute atomic E-state index is 6.05. The van der Waals surface area contributed by atoms with Gasteiger partial charge in [0, 0.05) is 31.9 Å². The third-order valence-electron chi connectivity index (χ3n) is 3.68. The molecule has 104 valence electrons. The number of fused-ring (bicyclic) bond motifs is 1. The second-order valence-electron chi connectivity index (χ2n) is 5.16. The molecule has 1 saturated heterocycles. The lowest BCUT2D eigenvalue weighted by Gasteiger charge is -2.14. The Kier molecular flexibility index (Phi) is 4.36. The quantitative estimate of drug-likeness (QED) is 0.925. The number of rotatable bonds is 2. The monoisotopic (exact) mass is 300 g/mol. The van der Waals surface area contributed by atoms with Crippen molar-refractivity contribution in [3.63, 3.8) is 0 Å². The van der Waals surface area contributed by atoms with Crippen molar-refractivity contribution in [2.45, 2.75) is 19.5 Å². The van der Waals surface area contributed by atoms with Gasteiger partial charge in [-0.15, -0.1) is 12.4 Å². The van der Waals surface area contributed by atoms with E-state index in [0.717, 1.165) is 36.0 Å². The van der Waals surface area contributed by atoms with Crippen LogP contribution < -0.4 is 5.73 Å². The van der Waals surface area contributed by atoms with E-state index in [1.54, 1.807) is 0 Å². The zero-order valence-electron chi connectivity index (χ0n) is 10.8. The van der Waals surface area contributed by atoms with Gasteiger partial charge in [0.15, 0.2) is 0 Å². The number of aromatic nitrogens is 2. The summed E-state index contributed by atoms with van der Waals surface area (Å²) in [7, 11) is 0. The Morgan fingerprint density at radius 2 is 2.21 bits per heavy atom. The second-order valence-corrected chi connectivity index (χ2v) is 5.60. The smallest absolute Gasteiger partial charge is 0.137 e. The summed E-state index contributed by atoms with van der Waals surface area (Å²) in [4.78, 5) is 6.76. The van der Waals surface area contributed by atoms with E-state index in [1.165, 1.54) is 0 Å². The van der Waals surface area contributed by atoms with E-state index in [0.29, 0.717) is 5.92 Å². The summed E-state index contributed by atoms with van der Waals surface area (Å²) in [5.41, 5.74) is 8.15. The van der Waals surface area contributed by atoms with Crippen LogP contribution in [-0.4, -0.2) is 33.4 Å². The van der Waals surface area contributed by atoms with E-state index in [4.69, 9.17) is 17.3 Å². The van der Waals surface area contributed by atoms with Crippen LogP contribution in [-0.2, 0) is 6.54 Å². The molecule has 3 heterocycles. The molecule has 2 atom stereocenters. The number of nitrogens with zero attached hydrogens (tertiary/aromatic N) is 3. The molecule has 6 heteroatoms. The number of hydrogen-bond donors (Lipinski definition) is 1. The van der Waals surface area contributed by atoms with Gasteiger partial charge in [0.1, 0.15) is 5.65 Å². The molecule has 0 bridgehead atoms. The van der Waals surface area contributed by atoms with Crippen LogP contribution in [0, 0.1) is 5.92 Å². The Morgan fingerprint density at radius 1 is 1.42 bits per heavy atom. The van der Waals surface area contributed by atoms with Crippen LogP contribution in [0.4, 0.5) is 0 Å². The van der Waals surface area contributed by atoms with Crippen molar-refractivity contribution in [2.75, 3.05) is 13.1 Å². The molecule has 1 aliphatic rings. The highest BCUT2D eigenvalue weighted by Crippen LogP contribution is 2.19. The number of halogens is 2. The zero-order chi connectivity index (χ0) is 12.7. The third kappa shape index (κ3) is 2.87. The first-order valence-corrected chi connectivity index (χ1v) is 6.60. The molecule has 0 saturated carbocycles. The molecule has 0 amide bonds. The average molecular weight is 301 g/mol. The maximum Gasteiger partial charge on any atom is 0.137 e. The molecule has 19 heavy (non-hydrogen) atoms. The number of hydrogen-bond acceptors (Lipinski definition) is 3. The van der Waals surface area contributed by atoms with E-state index >= 15 is 0 Å². The molecule has 0 radical (unpaired) electrons. The summed E-state index contributed by atoms with van der Waals surface area (Å²) >= 11 is 6.03. The maximum atomic E-state index is 6.05. The van der Waals surface area contributed by atoms with Crippen LogP contribution in [0.5, 0.6) is 0 Å². The Hall–Kier alpha value is -0.810. The fourth-order valence-electron chi connectivity index (χ4n) is 2.58. The summed E-state index contributed by atoms with van der Waals surface area (Å²) in [5, 5.41) is 0.730. The summed E-state index contributed by atoms with van der Waals surface area (Å²) in [6.07, 6.45) is 3.83. The van der Waals surface area contributed by atoms with Crippen molar-refractivity contribution in [3.8, 4) is 0 Å². The van der Waals surface area contributed by atoms with E-state index in [1.807, 2.05) is 24.5 Å². The molecule has 2 aromatic heterocycles. The highest BCUT2D eigenvalue weighted by molar-refractivity contribution is 6.30. The normalized spacial score (nSPS) is 23.7. The fraction of sp³-hybridized carbons (Fsp3) is 0.462. The van der Waals surface area contributed by atoms with Gasteiger partial charge >= 0.3 is 0 Å². The number of likely N-dealkylation sites (tertiary alicyclic amines) is 1. The minimum atomic E-state index is 0. The first-order valence-electron chi connectivity index (χ1n) is 6.23. The largest absolute Gasteiger partial charge is 0.326 e.